The van der Waals surface area contributed by atoms with E-state index < -0.39 is 11.9 Å². The highest BCUT2D eigenvalue weighted by Crippen LogP contribution is 2.41. The molecule has 19 heavy (non-hydrogen) atoms. The minimum atomic E-state index is -0.575. The molecule has 0 aromatic heterocycles. The van der Waals surface area contributed by atoms with Crippen LogP contribution in [0.4, 0.5) is 0 Å². The number of aliphatic hydroxyl groups excluding tert-OH is 1. The minimum Gasteiger partial charge on any atom is -0.390 e. The molecule has 0 aromatic rings. The molecule has 2 heterocycles. The summed E-state index contributed by atoms with van der Waals surface area (Å²) in [6.45, 7) is 5.08. The molecule has 0 aromatic carbocycles. The smallest absolute Gasteiger partial charge is 0.163 e. The van der Waals surface area contributed by atoms with E-state index in [0.29, 0.717) is 6.61 Å². The van der Waals surface area contributed by atoms with E-state index >= 15 is 0 Å². The molecule has 0 radical (unpaired) electrons. The summed E-state index contributed by atoms with van der Waals surface area (Å²) in [6.07, 6.45) is 3.20. The Kier molecular flexibility index (Phi) is 3.84. The van der Waals surface area contributed by atoms with E-state index in [0.717, 1.165) is 32.3 Å². The van der Waals surface area contributed by atoms with Crippen LogP contribution in [-0.4, -0.2) is 48.7 Å². The van der Waals surface area contributed by atoms with E-state index in [1.165, 1.54) is 0 Å². The van der Waals surface area contributed by atoms with Gasteiger partial charge in [0.1, 0.15) is 6.10 Å². The Morgan fingerprint density at radius 3 is 2.79 bits per heavy atom. The van der Waals surface area contributed by atoms with Gasteiger partial charge in [0.15, 0.2) is 12.1 Å². The van der Waals surface area contributed by atoms with Crippen molar-refractivity contribution in [1.29, 1.82) is 0 Å². The van der Waals surface area contributed by atoms with Gasteiger partial charge < -0.3 is 24.1 Å². The van der Waals surface area contributed by atoms with Crippen molar-refractivity contribution in [1.82, 2.24) is 0 Å². The first-order chi connectivity index (χ1) is 9.05. The topological polar surface area (TPSA) is 57.2 Å². The fourth-order valence-electron chi connectivity index (χ4n) is 3.28. The van der Waals surface area contributed by atoms with Crippen molar-refractivity contribution in [3.63, 3.8) is 0 Å². The molecule has 0 spiro atoms. The second-order valence-electron chi connectivity index (χ2n) is 6.25. The molecule has 110 valence electrons. The molecule has 0 amide bonds. The zero-order valence-electron chi connectivity index (χ0n) is 11.7. The summed E-state index contributed by atoms with van der Waals surface area (Å²) >= 11 is 0. The third kappa shape index (κ3) is 2.95. The van der Waals surface area contributed by atoms with Gasteiger partial charge in [0.25, 0.3) is 0 Å². The number of hydrogen-bond acceptors (Lipinski definition) is 5. The van der Waals surface area contributed by atoms with Crippen molar-refractivity contribution in [3.8, 4) is 0 Å². The van der Waals surface area contributed by atoms with Crippen LogP contribution in [0.1, 0.15) is 39.5 Å². The number of aliphatic hydroxyl groups is 1. The zero-order chi connectivity index (χ0) is 13.5. The quantitative estimate of drug-likeness (QED) is 0.842. The highest BCUT2D eigenvalue weighted by molar-refractivity contribution is 4.97. The highest BCUT2D eigenvalue weighted by Gasteiger charge is 2.52. The fraction of sp³-hybridized carbons (Fsp3) is 1.00. The van der Waals surface area contributed by atoms with Crippen molar-refractivity contribution in [2.24, 2.45) is 5.92 Å². The SMILES string of the molecule is CC1(C)O[C@H]2[C@@H](O)[C@@H](COC3CCCCO3)C[C@H]2O1. The molecule has 1 unspecified atom stereocenters. The Morgan fingerprint density at radius 1 is 1.26 bits per heavy atom. The van der Waals surface area contributed by atoms with Crippen LogP contribution >= 0.6 is 0 Å². The summed E-state index contributed by atoms with van der Waals surface area (Å²) in [4.78, 5) is 0. The standard InChI is InChI=1S/C14H24O5/c1-14(2)18-10-7-9(12(15)13(10)19-14)8-17-11-5-3-4-6-16-11/h9-13,15H,3-8H2,1-2H3/t9-,10-,11?,12+,13-/m1/s1. The Hall–Kier alpha value is -0.200. The zero-order valence-corrected chi connectivity index (χ0v) is 11.7. The van der Waals surface area contributed by atoms with Gasteiger partial charge in [-0.15, -0.1) is 0 Å². The van der Waals surface area contributed by atoms with Crippen molar-refractivity contribution in [3.05, 3.63) is 0 Å². The van der Waals surface area contributed by atoms with Gasteiger partial charge in [-0.2, -0.15) is 0 Å². The lowest BCUT2D eigenvalue weighted by molar-refractivity contribution is -0.190. The first-order valence-corrected chi connectivity index (χ1v) is 7.32. The molecule has 3 aliphatic rings. The van der Waals surface area contributed by atoms with E-state index in [1.54, 1.807) is 0 Å². The predicted molar refractivity (Wildman–Crippen MR) is 67.5 cm³/mol. The second-order valence-corrected chi connectivity index (χ2v) is 6.25. The van der Waals surface area contributed by atoms with Crippen LogP contribution in [0.15, 0.2) is 0 Å². The van der Waals surface area contributed by atoms with Gasteiger partial charge in [-0.25, -0.2) is 0 Å². The van der Waals surface area contributed by atoms with Gasteiger partial charge in [0.2, 0.25) is 0 Å². The lowest BCUT2D eigenvalue weighted by atomic mass is 10.1. The van der Waals surface area contributed by atoms with E-state index in [-0.39, 0.29) is 24.4 Å². The third-order valence-electron chi connectivity index (χ3n) is 4.21. The first kappa shape index (κ1) is 13.8. The Morgan fingerprint density at radius 2 is 2.11 bits per heavy atom. The molecule has 5 heteroatoms. The Bertz CT molecular complexity index is 313. The molecular formula is C14H24O5. The van der Waals surface area contributed by atoms with Crippen molar-refractivity contribution in [2.75, 3.05) is 13.2 Å². The van der Waals surface area contributed by atoms with Crippen LogP contribution < -0.4 is 0 Å². The van der Waals surface area contributed by atoms with E-state index in [9.17, 15) is 5.11 Å². The monoisotopic (exact) mass is 272 g/mol. The van der Waals surface area contributed by atoms with Crippen LogP contribution in [0, 0.1) is 5.92 Å². The average Bonchev–Trinajstić information content (AvgIpc) is 2.83. The molecule has 2 aliphatic heterocycles. The second kappa shape index (κ2) is 5.30. The maximum Gasteiger partial charge on any atom is 0.163 e. The summed E-state index contributed by atoms with van der Waals surface area (Å²) in [6, 6.07) is 0. The first-order valence-electron chi connectivity index (χ1n) is 7.32. The van der Waals surface area contributed by atoms with Crippen LogP contribution in [0.3, 0.4) is 0 Å². The molecular weight excluding hydrogens is 248 g/mol. The van der Waals surface area contributed by atoms with Crippen LogP contribution in [0.2, 0.25) is 0 Å². The largest absolute Gasteiger partial charge is 0.390 e. The molecule has 1 N–H and O–H groups in total. The van der Waals surface area contributed by atoms with Gasteiger partial charge in [-0.1, -0.05) is 0 Å². The van der Waals surface area contributed by atoms with E-state index in [4.69, 9.17) is 18.9 Å². The summed E-state index contributed by atoms with van der Waals surface area (Å²) in [5.74, 6) is -0.495. The number of rotatable bonds is 3. The number of fused-ring (bicyclic) bond motifs is 1. The molecule has 5 atom stereocenters. The van der Waals surface area contributed by atoms with Crippen molar-refractivity contribution >= 4 is 0 Å². The molecule has 1 aliphatic carbocycles. The van der Waals surface area contributed by atoms with Gasteiger partial charge in [-0.05, 0) is 39.5 Å². The molecule has 3 rings (SSSR count). The minimum absolute atomic E-state index is 0.00845. The summed E-state index contributed by atoms with van der Waals surface area (Å²) in [5.41, 5.74) is 0. The normalized spacial score (nSPS) is 45.3. The van der Waals surface area contributed by atoms with Crippen LogP contribution in [-0.2, 0) is 18.9 Å². The van der Waals surface area contributed by atoms with Gasteiger partial charge in [0.05, 0.1) is 18.8 Å². The summed E-state index contributed by atoms with van der Waals surface area (Å²) < 4.78 is 22.8. The summed E-state index contributed by atoms with van der Waals surface area (Å²) in [5, 5.41) is 10.3. The molecule has 5 nitrogen and oxygen atoms in total. The third-order valence-corrected chi connectivity index (χ3v) is 4.21. The number of hydrogen-bond donors (Lipinski definition) is 1. The van der Waals surface area contributed by atoms with Crippen LogP contribution in [0.5, 0.6) is 0 Å². The maximum absolute atomic E-state index is 10.3. The van der Waals surface area contributed by atoms with Crippen molar-refractivity contribution in [2.45, 2.75) is 69.9 Å². The molecule has 3 fully saturated rings. The maximum atomic E-state index is 10.3. The van der Waals surface area contributed by atoms with Crippen LogP contribution in [0.25, 0.3) is 0 Å². The average molecular weight is 272 g/mol. The lowest BCUT2D eigenvalue weighted by Crippen LogP contribution is -2.34. The fourth-order valence-corrected chi connectivity index (χ4v) is 3.28. The van der Waals surface area contributed by atoms with Gasteiger partial charge >= 0.3 is 0 Å². The van der Waals surface area contributed by atoms with Gasteiger partial charge in [0, 0.05) is 12.5 Å². The Labute approximate surface area is 114 Å². The molecule has 2 saturated heterocycles. The van der Waals surface area contributed by atoms with E-state index in [1.807, 2.05) is 13.8 Å². The molecule has 1 saturated carbocycles. The van der Waals surface area contributed by atoms with Crippen molar-refractivity contribution < 1.29 is 24.1 Å². The number of ether oxygens (including phenoxy) is 4. The van der Waals surface area contributed by atoms with Gasteiger partial charge in [-0.3, -0.25) is 0 Å². The highest BCUT2D eigenvalue weighted by atomic mass is 16.8. The van der Waals surface area contributed by atoms with E-state index in [2.05, 4.69) is 0 Å². The summed E-state index contributed by atoms with van der Waals surface area (Å²) in [7, 11) is 0. The Balaban J connectivity index is 1.48. The lowest BCUT2D eigenvalue weighted by Gasteiger charge is -2.27. The molecule has 0 bridgehead atoms. The predicted octanol–water partition coefficient (Wildman–Crippen LogP) is 1.43.